The first-order valence-corrected chi connectivity index (χ1v) is 6.41. The summed E-state index contributed by atoms with van der Waals surface area (Å²) in [4.78, 5) is 12.2. The topological polar surface area (TPSA) is 77.5 Å². The number of hydrogen-bond donors (Lipinski definition) is 2. The summed E-state index contributed by atoms with van der Waals surface area (Å²) >= 11 is 0. The van der Waals surface area contributed by atoms with Crippen molar-refractivity contribution in [3.63, 3.8) is 0 Å². The van der Waals surface area contributed by atoms with E-state index in [2.05, 4.69) is 5.32 Å². The molecule has 0 aliphatic carbocycles. The number of carbonyl (C=O) groups excluding carboxylic acids is 1. The highest BCUT2D eigenvalue weighted by atomic mass is 16.5. The lowest BCUT2D eigenvalue weighted by Crippen LogP contribution is -2.12. The Labute approximate surface area is 121 Å². The molecule has 0 unspecified atom stereocenters. The van der Waals surface area contributed by atoms with Crippen LogP contribution in [0.1, 0.15) is 10.6 Å². The fourth-order valence-electron chi connectivity index (χ4n) is 2.10. The Morgan fingerprint density at radius 1 is 1.19 bits per heavy atom. The molecule has 0 bridgehead atoms. The quantitative estimate of drug-likeness (QED) is 0.723. The fourth-order valence-corrected chi connectivity index (χ4v) is 2.10. The first-order valence-electron chi connectivity index (χ1n) is 6.41. The van der Waals surface area contributed by atoms with Gasteiger partial charge in [-0.3, -0.25) is 4.79 Å². The van der Waals surface area contributed by atoms with Crippen molar-refractivity contribution in [1.29, 1.82) is 0 Å². The zero-order chi connectivity index (χ0) is 14.8. The van der Waals surface area contributed by atoms with E-state index in [0.29, 0.717) is 22.7 Å². The van der Waals surface area contributed by atoms with E-state index in [0.717, 1.165) is 5.39 Å². The van der Waals surface area contributed by atoms with E-state index in [1.54, 1.807) is 43.5 Å². The van der Waals surface area contributed by atoms with Gasteiger partial charge in [0.1, 0.15) is 0 Å². The third-order valence-corrected chi connectivity index (χ3v) is 3.16. The lowest BCUT2D eigenvalue weighted by Gasteiger charge is -2.05. The smallest absolute Gasteiger partial charge is 0.291 e. The van der Waals surface area contributed by atoms with Crippen molar-refractivity contribution in [3.8, 4) is 5.75 Å². The fraction of sp³-hybridized carbons (Fsp3) is 0.0625. The molecule has 0 saturated heterocycles. The van der Waals surface area contributed by atoms with Gasteiger partial charge in [0.2, 0.25) is 0 Å². The number of amides is 1. The first kappa shape index (κ1) is 13.1. The molecule has 0 atom stereocenters. The highest BCUT2D eigenvalue weighted by Crippen LogP contribution is 2.29. The Kier molecular flexibility index (Phi) is 3.23. The Hall–Kier alpha value is -2.95. The van der Waals surface area contributed by atoms with Crippen LogP contribution in [0.25, 0.3) is 11.0 Å². The Morgan fingerprint density at radius 3 is 2.76 bits per heavy atom. The normalized spacial score (nSPS) is 10.5. The number of hydrogen-bond acceptors (Lipinski definition) is 4. The molecule has 1 amide bonds. The van der Waals surface area contributed by atoms with Crippen LogP contribution in [0.3, 0.4) is 0 Å². The number of benzene rings is 2. The summed E-state index contributed by atoms with van der Waals surface area (Å²) in [7, 11) is 1.56. The molecular formula is C16H14N2O3. The van der Waals surface area contributed by atoms with Gasteiger partial charge in [0.15, 0.2) is 17.1 Å². The number of rotatable bonds is 3. The average molecular weight is 282 g/mol. The molecule has 0 fully saturated rings. The zero-order valence-corrected chi connectivity index (χ0v) is 11.4. The molecule has 1 aromatic heterocycles. The van der Waals surface area contributed by atoms with Gasteiger partial charge in [-0.2, -0.15) is 0 Å². The number of para-hydroxylation sites is 3. The van der Waals surface area contributed by atoms with Gasteiger partial charge in [-0.25, -0.2) is 0 Å². The van der Waals surface area contributed by atoms with E-state index >= 15 is 0 Å². The third kappa shape index (κ3) is 2.41. The van der Waals surface area contributed by atoms with Crippen LogP contribution in [0.2, 0.25) is 0 Å². The van der Waals surface area contributed by atoms with Gasteiger partial charge in [-0.1, -0.05) is 24.3 Å². The number of nitrogen functional groups attached to an aromatic ring is 1. The second-order valence-electron chi connectivity index (χ2n) is 4.53. The van der Waals surface area contributed by atoms with Gasteiger partial charge in [0.05, 0.1) is 18.5 Å². The van der Waals surface area contributed by atoms with E-state index < -0.39 is 0 Å². The van der Waals surface area contributed by atoms with Gasteiger partial charge in [-0.05, 0) is 24.3 Å². The van der Waals surface area contributed by atoms with Crippen molar-refractivity contribution < 1.29 is 13.9 Å². The Bertz CT molecular complexity index is 808. The second-order valence-corrected chi connectivity index (χ2v) is 4.53. The molecule has 1 heterocycles. The number of fused-ring (bicyclic) bond motifs is 1. The monoisotopic (exact) mass is 282 g/mol. The van der Waals surface area contributed by atoms with Gasteiger partial charge < -0.3 is 20.2 Å². The van der Waals surface area contributed by atoms with Crippen molar-refractivity contribution >= 4 is 28.3 Å². The maximum Gasteiger partial charge on any atom is 0.291 e. The summed E-state index contributed by atoms with van der Waals surface area (Å²) in [6.07, 6.45) is 0. The Balaban J connectivity index is 1.93. The van der Waals surface area contributed by atoms with Crippen LogP contribution in [0.15, 0.2) is 52.9 Å². The van der Waals surface area contributed by atoms with Crippen LogP contribution in [0, 0.1) is 0 Å². The maximum absolute atomic E-state index is 12.2. The van der Waals surface area contributed by atoms with E-state index in [1.807, 2.05) is 12.1 Å². The molecule has 0 aliphatic heterocycles. The van der Waals surface area contributed by atoms with E-state index in [-0.39, 0.29) is 11.7 Å². The minimum atomic E-state index is -0.355. The molecule has 3 N–H and O–H groups in total. The van der Waals surface area contributed by atoms with Crippen molar-refractivity contribution in [2.75, 3.05) is 18.2 Å². The molecule has 106 valence electrons. The molecule has 0 saturated carbocycles. The van der Waals surface area contributed by atoms with Crippen LogP contribution < -0.4 is 15.8 Å². The first-order chi connectivity index (χ1) is 10.2. The highest BCUT2D eigenvalue weighted by molar-refractivity contribution is 6.06. The second kappa shape index (κ2) is 5.20. The molecule has 21 heavy (non-hydrogen) atoms. The number of anilines is 2. The lowest BCUT2D eigenvalue weighted by atomic mass is 10.2. The predicted octanol–water partition coefficient (Wildman–Crippen LogP) is 3.28. The van der Waals surface area contributed by atoms with Gasteiger partial charge in [0, 0.05) is 5.39 Å². The number of nitrogens with one attached hydrogen (secondary N) is 1. The van der Waals surface area contributed by atoms with Crippen LogP contribution in [0.4, 0.5) is 11.4 Å². The highest BCUT2D eigenvalue weighted by Gasteiger charge is 2.15. The minimum absolute atomic E-state index is 0.206. The summed E-state index contributed by atoms with van der Waals surface area (Å²) in [5.41, 5.74) is 7.40. The van der Waals surface area contributed by atoms with Gasteiger partial charge in [0.25, 0.3) is 5.91 Å². The SMILES string of the molecule is COc1cccc2cc(C(=O)Nc3ccccc3N)oc12. The van der Waals surface area contributed by atoms with Crippen LogP contribution in [0.5, 0.6) is 5.75 Å². The van der Waals surface area contributed by atoms with E-state index in [4.69, 9.17) is 14.9 Å². The predicted molar refractivity (Wildman–Crippen MR) is 81.6 cm³/mol. The molecular weight excluding hydrogens is 268 g/mol. The van der Waals surface area contributed by atoms with Crippen LogP contribution in [-0.4, -0.2) is 13.0 Å². The van der Waals surface area contributed by atoms with Gasteiger partial charge in [-0.15, -0.1) is 0 Å². The number of furan rings is 1. The molecule has 3 rings (SSSR count). The summed E-state index contributed by atoms with van der Waals surface area (Å²) < 4.78 is 10.8. The number of methoxy groups -OCH3 is 1. The summed E-state index contributed by atoms with van der Waals surface area (Å²) in [6, 6.07) is 14.2. The molecule has 2 aromatic carbocycles. The van der Waals surface area contributed by atoms with Crippen molar-refractivity contribution in [2.45, 2.75) is 0 Å². The summed E-state index contributed by atoms with van der Waals surface area (Å²) in [6.45, 7) is 0. The van der Waals surface area contributed by atoms with Crippen molar-refractivity contribution in [2.24, 2.45) is 0 Å². The minimum Gasteiger partial charge on any atom is -0.493 e. The number of ether oxygens (including phenoxy) is 1. The van der Waals surface area contributed by atoms with E-state index in [1.165, 1.54) is 0 Å². The molecule has 0 radical (unpaired) electrons. The molecule has 0 aliphatic rings. The van der Waals surface area contributed by atoms with E-state index in [9.17, 15) is 4.79 Å². The van der Waals surface area contributed by atoms with Gasteiger partial charge >= 0.3 is 0 Å². The Morgan fingerprint density at radius 2 is 2.00 bits per heavy atom. The molecule has 5 nitrogen and oxygen atoms in total. The summed E-state index contributed by atoms with van der Waals surface area (Å²) in [5, 5.41) is 3.53. The number of nitrogens with two attached hydrogens (primary N) is 1. The van der Waals surface area contributed by atoms with Crippen molar-refractivity contribution in [1.82, 2.24) is 0 Å². The van der Waals surface area contributed by atoms with Crippen LogP contribution >= 0.6 is 0 Å². The number of carbonyl (C=O) groups is 1. The average Bonchev–Trinajstić information content (AvgIpc) is 2.93. The molecule has 0 spiro atoms. The lowest BCUT2D eigenvalue weighted by molar-refractivity contribution is 0.0998. The standard InChI is InChI=1S/C16H14N2O3/c1-20-13-8-4-5-10-9-14(21-15(10)13)16(19)18-12-7-3-2-6-11(12)17/h2-9H,17H2,1H3,(H,18,19). The zero-order valence-electron chi connectivity index (χ0n) is 11.4. The maximum atomic E-state index is 12.2. The third-order valence-electron chi connectivity index (χ3n) is 3.16. The summed E-state index contributed by atoms with van der Waals surface area (Å²) in [5.74, 6) is 0.440. The largest absolute Gasteiger partial charge is 0.493 e. The van der Waals surface area contributed by atoms with Crippen LogP contribution in [-0.2, 0) is 0 Å². The van der Waals surface area contributed by atoms with Crippen molar-refractivity contribution in [3.05, 3.63) is 54.3 Å². The molecule has 5 heteroatoms. The molecule has 3 aromatic rings.